The molecular formula is C17H26O3. The maximum atomic E-state index is 10.3. The van der Waals surface area contributed by atoms with Gasteiger partial charge >= 0.3 is 5.97 Å². The van der Waals surface area contributed by atoms with Gasteiger partial charge in [-0.15, -0.1) is 0 Å². The van der Waals surface area contributed by atoms with Crippen LogP contribution in [0.3, 0.4) is 0 Å². The van der Waals surface area contributed by atoms with Crippen molar-refractivity contribution in [2.75, 3.05) is 6.61 Å². The van der Waals surface area contributed by atoms with Gasteiger partial charge in [0, 0.05) is 13.0 Å². The molecule has 0 radical (unpaired) electrons. The van der Waals surface area contributed by atoms with Gasteiger partial charge in [-0.3, -0.25) is 4.79 Å². The molecule has 0 fully saturated rings. The Kier molecular flexibility index (Phi) is 14.2. The van der Waals surface area contributed by atoms with Gasteiger partial charge in [-0.25, -0.2) is 0 Å². The summed E-state index contributed by atoms with van der Waals surface area (Å²) in [6.07, 6.45) is 21.9. The van der Waals surface area contributed by atoms with Crippen LogP contribution in [0, 0.1) is 0 Å². The zero-order valence-corrected chi connectivity index (χ0v) is 12.1. The average molecular weight is 278 g/mol. The zero-order valence-electron chi connectivity index (χ0n) is 12.1. The second kappa shape index (κ2) is 15.4. The van der Waals surface area contributed by atoms with Crippen LogP contribution in [0.5, 0.6) is 0 Å². The van der Waals surface area contributed by atoms with Crippen molar-refractivity contribution in [2.45, 2.75) is 44.9 Å². The Morgan fingerprint density at radius 1 is 0.750 bits per heavy atom. The zero-order chi connectivity index (χ0) is 14.9. The largest absolute Gasteiger partial charge is 0.481 e. The third-order valence-electron chi connectivity index (χ3n) is 2.54. The van der Waals surface area contributed by atoms with Crippen LogP contribution in [-0.2, 0) is 4.79 Å². The minimum atomic E-state index is -0.726. The summed E-state index contributed by atoms with van der Waals surface area (Å²) in [5, 5.41) is 17.0. The van der Waals surface area contributed by atoms with Crippen LogP contribution in [0.2, 0.25) is 0 Å². The van der Waals surface area contributed by atoms with Gasteiger partial charge in [0.1, 0.15) is 0 Å². The number of aliphatic hydroxyl groups excluding tert-OH is 1. The van der Waals surface area contributed by atoms with Crippen molar-refractivity contribution in [3.63, 3.8) is 0 Å². The molecule has 0 aromatic heterocycles. The van der Waals surface area contributed by atoms with Crippen molar-refractivity contribution in [3.8, 4) is 0 Å². The topological polar surface area (TPSA) is 57.5 Å². The Morgan fingerprint density at radius 3 is 1.65 bits per heavy atom. The van der Waals surface area contributed by atoms with E-state index in [4.69, 9.17) is 10.2 Å². The highest BCUT2D eigenvalue weighted by Crippen LogP contribution is 1.98. The lowest BCUT2D eigenvalue weighted by molar-refractivity contribution is -0.137. The number of rotatable bonds is 12. The van der Waals surface area contributed by atoms with Gasteiger partial charge in [-0.1, -0.05) is 48.6 Å². The van der Waals surface area contributed by atoms with Gasteiger partial charge in [-0.05, 0) is 38.5 Å². The van der Waals surface area contributed by atoms with E-state index in [1.54, 1.807) is 0 Å². The summed E-state index contributed by atoms with van der Waals surface area (Å²) in [7, 11) is 0. The third kappa shape index (κ3) is 16.4. The number of unbranched alkanes of at least 4 members (excludes halogenated alkanes) is 1. The first-order chi connectivity index (χ1) is 9.77. The fourth-order valence-electron chi connectivity index (χ4n) is 1.49. The van der Waals surface area contributed by atoms with Crippen molar-refractivity contribution in [1.82, 2.24) is 0 Å². The molecule has 0 spiro atoms. The molecule has 0 aliphatic rings. The molecule has 0 bridgehead atoms. The highest BCUT2D eigenvalue weighted by Gasteiger charge is 1.92. The number of hydrogen-bond donors (Lipinski definition) is 2. The van der Waals surface area contributed by atoms with E-state index in [1.807, 2.05) is 12.2 Å². The van der Waals surface area contributed by atoms with Crippen LogP contribution in [0.25, 0.3) is 0 Å². The molecule has 112 valence electrons. The predicted molar refractivity (Wildman–Crippen MR) is 83.6 cm³/mol. The van der Waals surface area contributed by atoms with Gasteiger partial charge in [0.2, 0.25) is 0 Å². The lowest BCUT2D eigenvalue weighted by atomic mass is 10.2. The summed E-state index contributed by atoms with van der Waals surface area (Å²) in [5.41, 5.74) is 0. The van der Waals surface area contributed by atoms with Crippen LogP contribution < -0.4 is 0 Å². The number of aliphatic hydroxyl groups is 1. The summed E-state index contributed by atoms with van der Waals surface area (Å²) < 4.78 is 0. The molecule has 0 saturated heterocycles. The molecule has 0 aromatic carbocycles. The molecule has 0 aliphatic heterocycles. The lowest BCUT2D eigenvalue weighted by Gasteiger charge is -1.89. The maximum absolute atomic E-state index is 10.3. The molecule has 0 heterocycles. The Balaban J connectivity index is 3.41. The van der Waals surface area contributed by atoms with Gasteiger partial charge in [0.15, 0.2) is 0 Å². The Morgan fingerprint density at radius 2 is 1.20 bits per heavy atom. The van der Waals surface area contributed by atoms with E-state index in [9.17, 15) is 4.79 Å². The highest BCUT2D eigenvalue weighted by atomic mass is 16.4. The molecule has 3 nitrogen and oxygen atoms in total. The van der Waals surface area contributed by atoms with E-state index in [0.717, 1.165) is 32.1 Å². The summed E-state index contributed by atoms with van der Waals surface area (Å²) in [6.45, 7) is 0.215. The summed E-state index contributed by atoms with van der Waals surface area (Å²) in [6, 6.07) is 0. The van der Waals surface area contributed by atoms with Gasteiger partial charge in [-0.2, -0.15) is 0 Å². The first-order valence-corrected chi connectivity index (χ1v) is 7.20. The van der Waals surface area contributed by atoms with Crippen molar-refractivity contribution < 1.29 is 15.0 Å². The standard InChI is InChI=1S/C17H26O3/c18-16-14-12-10-8-6-4-2-1-3-5-7-9-11-13-15-17(19)20/h1,3-4,6-7,9-10,12,18H,2,5,8,11,13-16H2,(H,19,20)/b3-1-,6-4-,9-7-,12-10-. The quantitative estimate of drug-likeness (QED) is 0.419. The molecule has 0 amide bonds. The Bertz CT molecular complexity index is 338. The second-order valence-corrected chi connectivity index (χ2v) is 4.39. The van der Waals surface area contributed by atoms with E-state index in [-0.39, 0.29) is 13.0 Å². The van der Waals surface area contributed by atoms with E-state index < -0.39 is 5.97 Å². The molecule has 3 heteroatoms. The van der Waals surface area contributed by atoms with Crippen LogP contribution in [0.1, 0.15) is 44.9 Å². The van der Waals surface area contributed by atoms with Crippen LogP contribution in [0.15, 0.2) is 48.6 Å². The minimum Gasteiger partial charge on any atom is -0.481 e. The molecule has 0 saturated carbocycles. The molecular weight excluding hydrogens is 252 g/mol. The molecule has 0 atom stereocenters. The molecule has 0 aliphatic carbocycles. The number of hydrogen-bond acceptors (Lipinski definition) is 2. The smallest absolute Gasteiger partial charge is 0.303 e. The second-order valence-electron chi connectivity index (χ2n) is 4.39. The number of carbonyl (C=O) groups is 1. The summed E-state index contributed by atoms with van der Waals surface area (Å²) in [5.74, 6) is -0.726. The van der Waals surface area contributed by atoms with E-state index >= 15 is 0 Å². The van der Waals surface area contributed by atoms with Crippen molar-refractivity contribution in [1.29, 1.82) is 0 Å². The first kappa shape index (κ1) is 18.4. The van der Waals surface area contributed by atoms with Gasteiger partial charge in [0.05, 0.1) is 0 Å². The number of carboxylic acid groups (broad SMARTS) is 1. The fourth-order valence-corrected chi connectivity index (χ4v) is 1.49. The Labute approximate surface area is 122 Å². The molecule has 0 rings (SSSR count). The van der Waals surface area contributed by atoms with Crippen molar-refractivity contribution >= 4 is 5.97 Å². The van der Waals surface area contributed by atoms with Gasteiger partial charge in [0.25, 0.3) is 0 Å². The van der Waals surface area contributed by atoms with Crippen LogP contribution in [0.4, 0.5) is 0 Å². The summed E-state index contributed by atoms with van der Waals surface area (Å²) >= 11 is 0. The summed E-state index contributed by atoms with van der Waals surface area (Å²) in [4.78, 5) is 10.3. The molecule has 2 N–H and O–H groups in total. The number of allylic oxidation sites excluding steroid dienone is 7. The fraction of sp³-hybridized carbons (Fsp3) is 0.471. The Hall–Kier alpha value is -1.61. The predicted octanol–water partition coefficient (Wildman–Crippen LogP) is 4.02. The van der Waals surface area contributed by atoms with E-state index in [2.05, 4.69) is 36.5 Å². The SMILES string of the molecule is O=C(O)CCC/C=C\C/C=C\C/C=C\C/C=C\CCO. The normalized spacial score (nSPS) is 12.4. The van der Waals surface area contributed by atoms with Crippen molar-refractivity contribution in [3.05, 3.63) is 48.6 Å². The van der Waals surface area contributed by atoms with Crippen LogP contribution in [-0.4, -0.2) is 22.8 Å². The molecule has 20 heavy (non-hydrogen) atoms. The van der Waals surface area contributed by atoms with Crippen molar-refractivity contribution in [2.24, 2.45) is 0 Å². The minimum absolute atomic E-state index is 0.215. The monoisotopic (exact) mass is 278 g/mol. The van der Waals surface area contributed by atoms with E-state index in [0.29, 0.717) is 6.42 Å². The third-order valence-corrected chi connectivity index (χ3v) is 2.54. The number of carboxylic acids is 1. The lowest BCUT2D eigenvalue weighted by Crippen LogP contribution is -1.92. The van der Waals surface area contributed by atoms with Crippen LogP contribution >= 0.6 is 0 Å². The maximum Gasteiger partial charge on any atom is 0.303 e. The molecule has 0 aromatic rings. The first-order valence-electron chi connectivity index (χ1n) is 7.20. The van der Waals surface area contributed by atoms with E-state index in [1.165, 1.54) is 0 Å². The molecule has 0 unspecified atom stereocenters. The van der Waals surface area contributed by atoms with Gasteiger partial charge < -0.3 is 10.2 Å². The average Bonchev–Trinajstić information content (AvgIpc) is 2.43. The highest BCUT2D eigenvalue weighted by molar-refractivity contribution is 5.66. The number of aliphatic carboxylic acids is 1.